The van der Waals surface area contributed by atoms with Gasteiger partial charge in [-0.3, -0.25) is 0 Å². The number of methoxy groups -OCH3 is 1. The van der Waals surface area contributed by atoms with E-state index in [0.717, 1.165) is 5.56 Å². The van der Waals surface area contributed by atoms with Crippen LogP contribution in [0.2, 0.25) is 0 Å². The fourth-order valence-electron chi connectivity index (χ4n) is 2.81. The Bertz CT molecular complexity index is 856. The van der Waals surface area contributed by atoms with Gasteiger partial charge in [-0.25, -0.2) is 13.1 Å². The third-order valence-corrected chi connectivity index (χ3v) is 5.89. The number of aliphatic hydroxyl groups is 2. The Labute approximate surface area is 166 Å². The smallest absolute Gasteiger partial charge is 0.240 e. The molecular weight excluding hydrogens is 380 g/mol. The van der Waals surface area contributed by atoms with Crippen LogP contribution in [0, 0.1) is 0 Å². The van der Waals surface area contributed by atoms with Gasteiger partial charge in [0, 0.05) is 19.0 Å². The molecule has 0 unspecified atom stereocenters. The van der Waals surface area contributed by atoms with Crippen LogP contribution in [0.4, 0.5) is 0 Å². The Balaban J connectivity index is 2.22. The highest BCUT2D eigenvalue weighted by Gasteiger charge is 2.23. The van der Waals surface area contributed by atoms with E-state index < -0.39 is 28.3 Å². The first kappa shape index (κ1) is 22.3. The van der Waals surface area contributed by atoms with Crippen molar-refractivity contribution in [2.75, 3.05) is 13.7 Å². The summed E-state index contributed by atoms with van der Waals surface area (Å²) in [5.41, 5.74) is 7.53. The number of hydrogen-bond acceptors (Lipinski definition) is 6. The van der Waals surface area contributed by atoms with Crippen molar-refractivity contribution in [3.8, 4) is 5.75 Å². The normalized spacial score (nSPS) is 15.0. The number of ether oxygens (including phenoxy) is 1. The minimum atomic E-state index is -3.86. The summed E-state index contributed by atoms with van der Waals surface area (Å²) in [6.45, 7) is 1.38. The van der Waals surface area contributed by atoms with Crippen molar-refractivity contribution in [3.63, 3.8) is 0 Å². The van der Waals surface area contributed by atoms with Crippen molar-refractivity contribution in [1.29, 1.82) is 0 Å². The van der Waals surface area contributed by atoms with Gasteiger partial charge in [0.05, 0.1) is 24.2 Å². The summed E-state index contributed by atoms with van der Waals surface area (Å²) in [4.78, 5) is 0.0277. The van der Waals surface area contributed by atoms with Crippen LogP contribution in [-0.2, 0) is 22.9 Å². The van der Waals surface area contributed by atoms with E-state index in [0.29, 0.717) is 17.7 Å². The zero-order chi connectivity index (χ0) is 20.7. The van der Waals surface area contributed by atoms with E-state index in [-0.39, 0.29) is 17.9 Å². The van der Waals surface area contributed by atoms with Crippen molar-refractivity contribution in [2.24, 2.45) is 5.73 Å². The molecule has 5 N–H and O–H groups in total. The predicted molar refractivity (Wildman–Crippen MR) is 108 cm³/mol. The zero-order valence-corrected chi connectivity index (χ0v) is 16.9. The molecule has 8 heteroatoms. The predicted octanol–water partition coefficient (Wildman–Crippen LogP) is 0.828. The lowest BCUT2D eigenvalue weighted by Gasteiger charge is -2.21. The number of benzene rings is 2. The van der Waals surface area contributed by atoms with Gasteiger partial charge in [0.1, 0.15) is 5.75 Å². The maximum atomic E-state index is 12.6. The lowest BCUT2D eigenvalue weighted by molar-refractivity contribution is 0.143. The Kier molecular flexibility index (Phi) is 7.97. The van der Waals surface area contributed by atoms with Crippen LogP contribution in [0.1, 0.15) is 18.1 Å². The standard InChI is InChI=1S/C20H28N2O5S/c1-14(23)13-22-28(25,26)20-9-8-17(27-2)11-16(20)12-19(24)18(21)10-15-6-4-3-5-7-15/h3-9,11,14,18-19,22-24H,10,12-13,21H2,1-2H3/t14-,18-,19+/m0/s1. The van der Waals surface area contributed by atoms with Gasteiger partial charge in [0.25, 0.3) is 0 Å². The summed E-state index contributed by atoms with van der Waals surface area (Å²) < 4.78 is 32.8. The van der Waals surface area contributed by atoms with Gasteiger partial charge in [0.15, 0.2) is 0 Å². The van der Waals surface area contributed by atoms with Gasteiger partial charge in [0.2, 0.25) is 10.0 Å². The van der Waals surface area contributed by atoms with Crippen molar-refractivity contribution < 1.29 is 23.4 Å². The highest BCUT2D eigenvalue weighted by molar-refractivity contribution is 7.89. The fourth-order valence-corrected chi connectivity index (χ4v) is 4.16. The highest BCUT2D eigenvalue weighted by atomic mass is 32.2. The van der Waals surface area contributed by atoms with E-state index in [1.54, 1.807) is 6.07 Å². The molecule has 0 spiro atoms. The molecule has 0 fully saturated rings. The third kappa shape index (κ3) is 6.29. The average Bonchev–Trinajstić information content (AvgIpc) is 2.67. The van der Waals surface area contributed by atoms with Crippen LogP contribution in [0.5, 0.6) is 5.75 Å². The Hall–Kier alpha value is -1.97. The summed E-state index contributed by atoms with van der Waals surface area (Å²) >= 11 is 0. The molecule has 0 radical (unpaired) electrons. The monoisotopic (exact) mass is 408 g/mol. The molecule has 0 saturated carbocycles. The van der Waals surface area contributed by atoms with Crippen molar-refractivity contribution >= 4 is 10.0 Å². The number of sulfonamides is 1. The minimum absolute atomic E-state index is 0.0277. The number of hydrogen-bond donors (Lipinski definition) is 4. The molecule has 0 heterocycles. The lowest BCUT2D eigenvalue weighted by atomic mass is 9.97. The molecule has 2 aromatic rings. The first-order valence-electron chi connectivity index (χ1n) is 9.05. The van der Waals surface area contributed by atoms with E-state index in [9.17, 15) is 18.6 Å². The van der Waals surface area contributed by atoms with Gasteiger partial charge in [-0.05, 0) is 42.7 Å². The first-order valence-corrected chi connectivity index (χ1v) is 10.5. The molecule has 0 bridgehead atoms. The van der Waals surface area contributed by atoms with Gasteiger partial charge in [-0.1, -0.05) is 30.3 Å². The lowest BCUT2D eigenvalue weighted by Crippen LogP contribution is -2.38. The molecule has 2 rings (SSSR count). The first-order chi connectivity index (χ1) is 13.2. The quantitative estimate of drug-likeness (QED) is 0.462. The molecular formula is C20H28N2O5S. The van der Waals surface area contributed by atoms with Crippen molar-refractivity contribution in [3.05, 3.63) is 59.7 Å². The highest BCUT2D eigenvalue weighted by Crippen LogP contribution is 2.24. The molecule has 0 aromatic heterocycles. The molecule has 3 atom stereocenters. The Morgan fingerprint density at radius 1 is 1.11 bits per heavy atom. The maximum absolute atomic E-state index is 12.6. The second-order valence-corrected chi connectivity index (χ2v) is 8.53. The molecule has 28 heavy (non-hydrogen) atoms. The zero-order valence-electron chi connectivity index (χ0n) is 16.1. The molecule has 154 valence electrons. The summed E-state index contributed by atoms with van der Waals surface area (Å²) in [7, 11) is -2.38. The van der Waals surface area contributed by atoms with E-state index in [2.05, 4.69) is 4.72 Å². The van der Waals surface area contributed by atoms with Crippen molar-refractivity contribution in [1.82, 2.24) is 4.72 Å². The summed E-state index contributed by atoms with van der Waals surface area (Å²) in [5, 5.41) is 20.0. The second kappa shape index (κ2) is 9.99. The van der Waals surface area contributed by atoms with E-state index in [1.807, 2.05) is 30.3 Å². The Morgan fingerprint density at radius 3 is 2.39 bits per heavy atom. The number of nitrogens with two attached hydrogens (primary N) is 1. The molecule has 0 aliphatic heterocycles. The minimum Gasteiger partial charge on any atom is -0.497 e. The molecule has 7 nitrogen and oxygen atoms in total. The summed E-state index contributed by atoms with van der Waals surface area (Å²) in [6.07, 6.45) is -1.25. The van der Waals surface area contributed by atoms with E-state index in [1.165, 1.54) is 26.2 Å². The topological polar surface area (TPSA) is 122 Å². The largest absolute Gasteiger partial charge is 0.497 e. The summed E-state index contributed by atoms with van der Waals surface area (Å²) in [5.74, 6) is 0.480. The average molecular weight is 409 g/mol. The van der Waals surface area contributed by atoms with Crippen LogP contribution in [0.25, 0.3) is 0 Å². The molecule has 2 aromatic carbocycles. The fraction of sp³-hybridized carbons (Fsp3) is 0.400. The van der Waals surface area contributed by atoms with Gasteiger partial charge >= 0.3 is 0 Å². The van der Waals surface area contributed by atoms with Gasteiger partial charge in [-0.2, -0.15) is 0 Å². The Morgan fingerprint density at radius 2 is 1.79 bits per heavy atom. The number of rotatable bonds is 10. The molecule has 0 aliphatic carbocycles. The van der Waals surface area contributed by atoms with Crippen LogP contribution in [0.15, 0.2) is 53.4 Å². The van der Waals surface area contributed by atoms with Crippen LogP contribution < -0.4 is 15.2 Å². The molecule has 0 aliphatic rings. The summed E-state index contributed by atoms with van der Waals surface area (Å²) in [6, 6.07) is 13.5. The third-order valence-electron chi connectivity index (χ3n) is 4.36. The van der Waals surface area contributed by atoms with E-state index >= 15 is 0 Å². The van der Waals surface area contributed by atoms with Crippen LogP contribution >= 0.6 is 0 Å². The number of nitrogens with one attached hydrogen (secondary N) is 1. The second-order valence-electron chi connectivity index (χ2n) is 6.80. The van der Waals surface area contributed by atoms with Gasteiger partial charge < -0.3 is 20.7 Å². The van der Waals surface area contributed by atoms with Crippen LogP contribution in [0.3, 0.4) is 0 Å². The van der Waals surface area contributed by atoms with Crippen LogP contribution in [-0.4, -0.2) is 50.5 Å². The number of aliphatic hydroxyl groups excluding tert-OH is 2. The maximum Gasteiger partial charge on any atom is 0.240 e. The molecule has 0 amide bonds. The SMILES string of the molecule is COc1ccc(S(=O)(=O)NC[C@H](C)O)c(C[C@@H](O)[C@@H](N)Cc2ccccc2)c1. The molecule has 0 saturated heterocycles. The van der Waals surface area contributed by atoms with Crippen molar-refractivity contribution in [2.45, 2.75) is 42.9 Å². The van der Waals surface area contributed by atoms with E-state index in [4.69, 9.17) is 10.5 Å². The van der Waals surface area contributed by atoms with Gasteiger partial charge in [-0.15, -0.1) is 0 Å².